The number of aromatic nitrogens is 2. The standard InChI is InChI=1S/C21H23N3O/c1-15(2)20-22-9-10-23(20)12-16-13-24(14-16)21(25)19-8-7-17-5-3-4-6-18(17)11-19/h3-11,15-16H,12-14H2,1-2H3. The molecule has 1 aliphatic rings. The van der Waals surface area contributed by atoms with Gasteiger partial charge in [0, 0.05) is 49.4 Å². The summed E-state index contributed by atoms with van der Waals surface area (Å²) >= 11 is 0. The van der Waals surface area contributed by atoms with Crippen molar-refractivity contribution in [3.8, 4) is 0 Å². The number of benzene rings is 2. The molecule has 4 nitrogen and oxygen atoms in total. The minimum Gasteiger partial charge on any atom is -0.338 e. The Hall–Kier alpha value is -2.62. The van der Waals surface area contributed by atoms with Crippen LogP contribution in [0.5, 0.6) is 0 Å². The molecule has 0 radical (unpaired) electrons. The van der Waals surface area contributed by atoms with Crippen LogP contribution in [0.1, 0.15) is 35.9 Å². The molecular weight excluding hydrogens is 310 g/mol. The van der Waals surface area contributed by atoms with Crippen LogP contribution in [-0.4, -0.2) is 33.4 Å². The molecule has 0 bridgehead atoms. The van der Waals surface area contributed by atoms with Gasteiger partial charge in [-0.15, -0.1) is 0 Å². The Balaban J connectivity index is 1.41. The van der Waals surface area contributed by atoms with E-state index in [2.05, 4.69) is 35.5 Å². The summed E-state index contributed by atoms with van der Waals surface area (Å²) in [6, 6.07) is 14.1. The van der Waals surface area contributed by atoms with Crippen LogP contribution in [0.25, 0.3) is 10.8 Å². The van der Waals surface area contributed by atoms with Gasteiger partial charge in [0.15, 0.2) is 0 Å². The summed E-state index contributed by atoms with van der Waals surface area (Å²) in [7, 11) is 0. The maximum Gasteiger partial charge on any atom is 0.253 e. The molecule has 1 fully saturated rings. The number of carbonyl (C=O) groups is 1. The van der Waals surface area contributed by atoms with Gasteiger partial charge in [0.25, 0.3) is 5.91 Å². The zero-order chi connectivity index (χ0) is 17.4. The molecule has 0 spiro atoms. The lowest BCUT2D eigenvalue weighted by Gasteiger charge is -2.39. The Bertz CT molecular complexity index is 906. The Morgan fingerprint density at radius 3 is 2.68 bits per heavy atom. The third-order valence-corrected chi connectivity index (χ3v) is 4.96. The van der Waals surface area contributed by atoms with Crippen molar-refractivity contribution in [3.05, 3.63) is 66.2 Å². The third kappa shape index (κ3) is 3.04. The van der Waals surface area contributed by atoms with Crippen molar-refractivity contribution >= 4 is 16.7 Å². The highest BCUT2D eigenvalue weighted by molar-refractivity contribution is 5.98. The third-order valence-electron chi connectivity index (χ3n) is 4.96. The number of hydrogen-bond acceptors (Lipinski definition) is 2. The molecule has 25 heavy (non-hydrogen) atoms. The summed E-state index contributed by atoms with van der Waals surface area (Å²) in [5.74, 6) is 2.19. The number of carbonyl (C=O) groups excluding carboxylic acids is 1. The first-order valence-electron chi connectivity index (χ1n) is 8.91. The molecule has 1 aromatic heterocycles. The minimum absolute atomic E-state index is 0.136. The summed E-state index contributed by atoms with van der Waals surface area (Å²) in [5.41, 5.74) is 0.780. The zero-order valence-electron chi connectivity index (χ0n) is 14.7. The molecule has 1 saturated heterocycles. The van der Waals surface area contributed by atoms with Crippen molar-refractivity contribution < 1.29 is 4.79 Å². The topological polar surface area (TPSA) is 38.1 Å². The lowest BCUT2D eigenvalue weighted by molar-refractivity contribution is 0.0467. The first-order chi connectivity index (χ1) is 12.1. The fourth-order valence-corrected chi connectivity index (χ4v) is 3.61. The molecular formula is C21H23N3O. The largest absolute Gasteiger partial charge is 0.338 e. The minimum atomic E-state index is 0.136. The molecule has 3 aromatic rings. The second kappa shape index (κ2) is 6.36. The maximum absolute atomic E-state index is 12.7. The first-order valence-corrected chi connectivity index (χ1v) is 8.91. The summed E-state index contributed by atoms with van der Waals surface area (Å²) in [4.78, 5) is 19.1. The van der Waals surface area contributed by atoms with Crippen LogP contribution < -0.4 is 0 Å². The van der Waals surface area contributed by atoms with E-state index >= 15 is 0 Å². The van der Waals surface area contributed by atoms with Crippen LogP contribution in [0.3, 0.4) is 0 Å². The van der Waals surface area contributed by atoms with Crippen LogP contribution in [0.4, 0.5) is 0 Å². The van der Waals surface area contributed by atoms with Crippen LogP contribution in [-0.2, 0) is 6.54 Å². The van der Waals surface area contributed by atoms with Crippen molar-refractivity contribution in [2.45, 2.75) is 26.3 Å². The van der Waals surface area contributed by atoms with Gasteiger partial charge in [-0.2, -0.15) is 0 Å². The molecule has 2 heterocycles. The lowest BCUT2D eigenvalue weighted by Crippen LogP contribution is -2.51. The SMILES string of the molecule is CC(C)c1nccn1CC1CN(C(=O)c2ccc3ccccc3c2)C1. The number of fused-ring (bicyclic) bond motifs is 1. The highest BCUT2D eigenvalue weighted by atomic mass is 16.2. The van der Waals surface area contributed by atoms with Crippen molar-refractivity contribution in [3.63, 3.8) is 0 Å². The van der Waals surface area contributed by atoms with E-state index in [1.54, 1.807) is 0 Å². The smallest absolute Gasteiger partial charge is 0.253 e. The predicted molar refractivity (Wildman–Crippen MR) is 99.7 cm³/mol. The van der Waals surface area contributed by atoms with Gasteiger partial charge in [0.1, 0.15) is 5.82 Å². The second-order valence-electron chi connectivity index (χ2n) is 7.23. The van der Waals surface area contributed by atoms with Gasteiger partial charge in [-0.3, -0.25) is 4.79 Å². The van der Waals surface area contributed by atoms with Crippen molar-refractivity contribution in [2.75, 3.05) is 13.1 Å². The predicted octanol–water partition coefficient (Wildman–Crippen LogP) is 3.93. The molecule has 0 saturated carbocycles. The van der Waals surface area contributed by atoms with Gasteiger partial charge in [0.2, 0.25) is 0 Å². The Kier molecular flexibility index (Phi) is 4.04. The first kappa shape index (κ1) is 15.9. The molecule has 4 heteroatoms. The molecule has 4 rings (SSSR count). The van der Waals surface area contributed by atoms with Gasteiger partial charge >= 0.3 is 0 Å². The van der Waals surface area contributed by atoms with E-state index in [9.17, 15) is 4.79 Å². The van der Waals surface area contributed by atoms with Crippen molar-refractivity contribution in [1.82, 2.24) is 14.5 Å². The van der Waals surface area contributed by atoms with Crippen LogP contribution in [0, 0.1) is 5.92 Å². The van der Waals surface area contributed by atoms with Gasteiger partial charge in [-0.1, -0.05) is 44.2 Å². The second-order valence-corrected chi connectivity index (χ2v) is 7.23. The normalized spacial score (nSPS) is 14.9. The molecule has 0 atom stereocenters. The number of imidazole rings is 1. The summed E-state index contributed by atoms with van der Waals surface area (Å²) < 4.78 is 2.23. The zero-order valence-corrected chi connectivity index (χ0v) is 14.7. The van der Waals surface area contributed by atoms with E-state index < -0.39 is 0 Å². The highest BCUT2D eigenvalue weighted by Gasteiger charge is 2.31. The van der Waals surface area contributed by atoms with Gasteiger partial charge in [-0.05, 0) is 22.9 Å². The van der Waals surface area contributed by atoms with Crippen molar-refractivity contribution in [2.24, 2.45) is 5.92 Å². The number of amides is 1. The van der Waals surface area contributed by atoms with Crippen molar-refractivity contribution in [1.29, 1.82) is 0 Å². The Labute approximate surface area is 148 Å². The molecule has 2 aromatic carbocycles. The number of hydrogen-bond donors (Lipinski definition) is 0. The number of likely N-dealkylation sites (tertiary alicyclic amines) is 1. The highest BCUT2D eigenvalue weighted by Crippen LogP contribution is 2.24. The van der Waals surface area contributed by atoms with E-state index in [-0.39, 0.29) is 5.91 Å². The maximum atomic E-state index is 12.7. The molecule has 128 valence electrons. The lowest BCUT2D eigenvalue weighted by atomic mass is 9.97. The van der Waals surface area contributed by atoms with E-state index in [4.69, 9.17) is 0 Å². The van der Waals surface area contributed by atoms with Gasteiger partial charge < -0.3 is 9.47 Å². The monoisotopic (exact) mass is 333 g/mol. The number of nitrogens with zero attached hydrogens (tertiary/aromatic N) is 3. The van der Waals surface area contributed by atoms with E-state index in [0.29, 0.717) is 11.8 Å². The fourth-order valence-electron chi connectivity index (χ4n) is 3.61. The average molecular weight is 333 g/mol. The number of rotatable bonds is 4. The summed E-state index contributed by atoms with van der Waals surface area (Å²) in [6.07, 6.45) is 3.91. The van der Waals surface area contributed by atoms with Crippen LogP contribution in [0.15, 0.2) is 54.9 Å². The van der Waals surface area contributed by atoms with Gasteiger partial charge in [-0.25, -0.2) is 4.98 Å². The quantitative estimate of drug-likeness (QED) is 0.725. The van der Waals surface area contributed by atoms with Crippen LogP contribution in [0.2, 0.25) is 0 Å². The fraction of sp³-hybridized carbons (Fsp3) is 0.333. The molecule has 0 N–H and O–H groups in total. The Morgan fingerprint density at radius 1 is 1.16 bits per heavy atom. The molecule has 0 aliphatic carbocycles. The summed E-state index contributed by atoms with van der Waals surface area (Å²) in [6.45, 7) is 6.90. The molecule has 1 aliphatic heterocycles. The molecule has 0 unspecified atom stereocenters. The van der Waals surface area contributed by atoms with Crippen LogP contribution >= 0.6 is 0 Å². The van der Waals surface area contributed by atoms with Gasteiger partial charge in [0.05, 0.1) is 0 Å². The Morgan fingerprint density at radius 2 is 1.92 bits per heavy atom. The van der Waals surface area contributed by atoms with E-state index in [0.717, 1.165) is 36.4 Å². The molecule has 1 amide bonds. The van der Waals surface area contributed by atoms with E-state index in [1.807, 2.05) is 47.6 Å². The average Bonchev–Trinajstić information content (AvgIpc) is 3.05. The summed E-state index contributed by atoms with van der Waals surface area (Å²) in [5, 5.41) is 2.28. The van der Waals surface area contributed by atoms with E-state index in [1.165, 1.54) is 5.39 Å².